The lowest BCUT2D eigenvalue weighted by atomic mass is 9.90. The molecule has 0 saturated carbocycles. The molecule has 4 rings (SSSR count). The Hall–Kier alpha value is -4.06. The van der Waals surface area contributed by atoms with Gasteiger partial charge in [0.05, 0.1) is 18.2 Å². The minimum atomic E-state index is -0.547. The van der Waals surface area contributed by atoms with Gasteiger partial charge in [0.1, 0.15) is 5.82 Å². The van der Waals surface area contributed by atoms with Crippen LogP contribution in [0.4, 0.5) is 5.82 Å². The smallest absolute Gasteiger partial charge is 0.313 e. The number of hydrogen-bond donors (Lipinski definition) is 1. The Morgan fingerprint density at radius 2 is 1.53 bits per heavy atom. The van der Waals surface area contributed by atoms with Gasteiger partial charge in [-0.1, -0.05) is 60.7 Å². The molecule has 0 aliphatic rings. The molecule has 1 atom stereocenters. The van der Waals surface area contributed by atoms with Crippen LogP contribution in [0.25, 0.3) is 22.6 Å². The van der Waals surface area contributed by atoms with Crippen LogP contribution in [0, 0.1) is 0 Å². The lowest BCUT2D eigenvalue weighted by Gasteiger charge is -2.19. The molecule has 160 valence electrons. The Morgan fingerprint density at radius 1 is 0.906 bits per heavy atom. The van der Waals surface area contributed by atoms with Crippen LogP contribution in [-0.2, 0) is 16.0 Å². The maximum atomic E-state index is 12.9. The molecular weight excluding hydrogens is 400 g/mol. The number of pyridine rings is 1. The van der Waals surface area contributed by atoms with Crippen molar-refractivity contribution in [3.05, 3.63) is 96.3 Å². The van der Waals surface area contributed by atoms with Crippen LogP contribution < -0.4 is 5.73 Å². The average Bonchev–Trinajstić information content (AvgIpc) is 2.84. The lowest BCUT2D eigenvalue weighted by Crippen LogP contribution is -2.20. The van der Waals surface area contributed by atoms with Crippen molar-refractivity contribution in [2.75, 3.05) is 12.3 Å². The molecule has 0 saturated heterocycles. The molecule has 0 fully saturated rings. The van der Waals surface area contributed by atoms with Gasteiger partial charge in [0.25, 0.3) is 0 Å². The number of ether oxygens (including phenoxy) is 1. The van der Waals surface area contributed by atoms with E-state index in [9.17, 15) is 4.79 Å². The van der Waals surface area contributed by atoms with Crippen molar-refractivity contribution in [1.82, 2.24) is 15.0 Å². The fourth-order valence-corrected chi connectivity index (χ4v) is 3.63. The summed E-state index contributed by atoms with van der Waals surface area (Å²) in [4.78, 5) is 26.4. The quantitative estimate of drug-likeness (QED) is 0.433. The van der Waals surface area contributed by atoms with E-state index in [2.05, 4.69) is 9.97 Å². The predicted molar refractivity (Wildman–Crippen MR) is 125 cm³/mol. The number of benzene rings is 2. The normalized spacial score (nSPS) is 11.7. The highest BCUT2D eigenvalue weighted by atomic mass is 16.5. The zero-order valence-corrected chi connectivity index (χ0v) is 17.8. The van der Waals surface area contributed by atoms with Crippen LogP contribution in [0.3, 0.4) is 0 Å². The third kappa shape index (κ3) is 4.64. The Labute approximate surface area is 187 Å². The third-order valence-corrected chi connectivity index (χ3v) is 5.21. The second-order valence-electron chi connectivity index (χ2n) is 7.28. The first-order valence-electron chi connectivity index (χ1n) is 10.5. The maximum absolute atomic E-state index is 12.9. The third-order valence-electron chi connectivity index (χ3n) is 5.21. The second-order valence-corrected chi connectivity index (χ2v) is 7.28. The van der Waals surface area contributed by atoms with E-state index in [1.165, 1.54) is 0 Å². The van der Waals surface area contributed by atoms with Gasteiger partial charge in [0.15, 0.2) is 5.82 Å². The largest absolute Gasteiger partial charge is 0.466 e. The monoisotopic (exact) mass is 424 g/mol. The van der Waals surface area contributed by atoms with Crippen molar-refractivity contribution in [2.45, 2.75) is 19.3 Å². The van der Waals surface area contributed by atoms with Crippen molar-refractivity contribution >= 4 is 11.8 Å². The number of carbonyl (C=O) groups excluding carboxylic acids is 1. The van der Waals surface area contributed by atoms with Gasteiger partial charge in [-0.2, -0.15) is 0 Å². The van der Waals surface area contributed by atoms with E-state index in [-0.39, 0.29) is 5.97 Å². The van der Waals surface area contributed by atoms with Gasteiger partial charge in [0.2, 0.25) is 0 Å². The van der Waals surface area contributed by atoms with Crippen LogP contribution in [0.5, 0.6) is 0 Å². The zero-order valence-electron chi connectivity index (χ0n) is 17.8. The molecule has 0 spiro atoms. The maximum Gasteiger partial charge on any atom is 0.313 e. The first-order chi connectivity index (χ1) is 15.7. The van der Waals surface area contributed by atoms with E-state index in [0.717, 1.165) is 16.7 Å². The summed E-state index contributed by atoms with van der Waals surface area (Å²) in [6.07, 6.45) is 3.64. The van der Waals surface area contributed by atoms with Crippen molar-refractivity contribution in [3.63, 3.8) is 0 Å². The Kier molecular flexibility index (Phi) is 6.51. The number of rotatable bonds is 7. The van der Waals surface area contributed by atoms with E-state index in [4.69, 9.17) is 15.5 Å². The zero-order chi connectivity index (χ0) is 22.3. The van der Waals surface area contributed by atoms with Crippen molar-refractivity contribution in [3.8, 4) is 22.6 Å². The standard InChI is InChI=1S/C26H24N4O2/c1-2-32-26(31)21(18-13-15-28-16-14-18)17-22-23(19-9-5-3-6-10-19)29-25(30-24(22)27)20-11-7-4-8-12-20/h3-16,21H,2,17H2,1H3,(H2,27,29,30). The first-order valence-corrected chi connectivity index (χ1v) is 10.5. The number of nitrogens with zero attached hydrogens (tertiary/aromatic N) is 3. The molecule has 1 unspecified atom stereocenters. The van der Waals surface area contributed by atoms with E-state index in [1.54, 1.807) is 19.3 Å². The highest BCUT2D eigenvalue weighted by Gasteiger charge is 2.26. The molecule has 0 amide bonds. The number of nitrogen functional groups attached to an aromatic ring is 1. The number of carbonyl (C=O) groups is 1. The van der Waals surface area contributed by atoms with Crippen LogP contribution in [0.2, 0.25) is 0 Å². The number of nitrogens with two attached hydrogens (primary N) is 1. The topological polar surface area (TPSA) is 91.0 Å². The average molecular weight is 425 g/mol. The van der Waals surface area contributed by atoms with E-state index in [1.807, 2.05) is 72.8 Å². The van der Waals surface area contributed by atoms with Crippen LogP contribution in [0.1, 0.15) is 24.0 Å². The Morgan fingerprint density at radius 3 is 2.16 bits per heavy atom. The molecule has 0 aliphatic carbocycles. The molecule has 0 radical (unpaired) electrons. The Bertz CT molecular complexity index is 1180. The molecule has 6 heteroatoms. The fourth-order valence-electron chi connectivity index (χ4n) is 3.63. The summed E-state index contributed by atoms with van der Waals surface area (Å²) in [6.45, 7) is 2.09. The van der Waals surface area contributed by atoms with Crippen LogP contribution in [0.15, 0.2) is 85.2 Å². The number of anilines is 1. The van der Waals surface area contributed by atoms with E-state index >= 15 is 0 Å². The summed E-state index contributed by atoms with van der Waals surface area (Å²) in [5.74, 6) is 0.0292. The van der Waals surface area contributed by atoms with Gasteiger partial charge in [-0.3, -0.25) is 9.78 Å². The van der Waals surface area contributed by atoms with Crippen LogP contribution >= 0.6 is 0 Å². The second kappa shape index (κ2) is 9.83. The van der Waals surface area contributed by atoms with Gasteiger partial charge in [0, 0.05) is 29.1 Å². The summed E-state index contributed by atoms with van der Waals surface area (Å²) in [5, 5.41) is 0. The summed E-state index contributed by atoms with van der Waals surface area (Å²) in [5.41, 5.74) is 10.5. The van der Waals surface area contributed by atoms with Crippen molar-refractivity contribution in [1.29, 1.82) is 0 Å². The molecule has 2 N–H and O–H groups in total. The summed E-state index contributed by atoms with van der Waals surface area (Å²) < 4.78 is 5.37. The minimum Gasteiger partial charge on any atom is -0.466 e. The molecule has 6 nitrogen and oxygen atoms in total. The highest BCUT2D eigenvalue weighted by Crippen LogP contribution is 2.33. The number of hydrogen-bond acceptors (Lipinski definition) is 6. The van der Waals surface area contributed by atoms with E-state index < -0.39 is 5.92 Å². The van der Waals surface area contributed by atoms with Gasteiger partial charge in [-0.15, -0.1) is 0 Å². The SMILES string of the molecule is CCOC(=O)C(Cc1c(N)nc(-c2ccccc2)nc1-c1ccccc1)c1ccncc1. The predicted octanol–water partition coefficient (Wildman–Crippen LogP) is 4.68. The number of esters is 1. The molecule has 2 aromatic carbocycles. The Balaban J connectivity index is 1.84. The molecule has 0 aliphatic heterocycles. The molecule has 2 aromatic heterocycles. The van der Waals surface area contributed by atoms with Crippen molar-refractivity contribution in [2.24, 2.45) is 0 Å². The molecule has 2 heterocycles. The van der Waals surface area contributed by atoms with Gasteiger partial charge < -0.3 is 10.5 Å². The van der Waals surface area contributed by atoms with E-state index in [0.29, 0.717) is 35.9 Å². The number of aromatic nitrogens is 3. The van der Waals surface area contributed by atoms with Crippen LogP contribution in [-0.4, -0.2) is 27.5 Å². The van der Waals surface area contributed by atoms with Gasteiger partial charge in [-0.25, -0.2) is 9.97 Å². The molecule has 32 heavy (non-hydrogen) atoms. The molecule has 0 bridgehead atoms. The molecular formula is C26H24N4O2. The fraction of sp³-hybridized carbons (Fsp3) is 0.154. The lowest BCUT2D eigenvalue weighted by molar-refractivity contribution is -0.144. The summed E-state index contributed by atoms with van der Waals surface area (Å²) >= 11 is 0. The molecule has 4 aromatic rings. The summed E-state index contributed by atoms with van der Waals surface area (Å²) in [6, 6.07) is 23.1. The summed E-state index contributed by atoms with van der Waals surface area (Å²) in [7, 11) is 0. The van der Waals surface area contributed by atoms with Crippen molar-refractivity contribution < 1.29 is 9.53 Å². The first kappa shape index (κ1) is 21.2. The highest BCUT2D eigenvalue weighted by molar-refractivity contribution is 5.80. The van der Waals surface area contributed by atoms with Gasteiger partial charge in [-0.05, 0) is 31.0 Å². The van der Waals surface area contributed by atoms with Gasteiger partial charge >= 0.3 is 5.97 Å². The minimum absolute atomic E-state index is 0.297.